The zero-order valence-electron chi connectivity index (χ0n) is 14.7. The molecule has 3 aromatic rings. The van der Waals surface area contributed by atoms with Crippen LogP contribution in [0.15, 0.2) is 54.6 Å². The predicted molar refractivity (Wildman–Crippen MR) is 100 cm³/mol. The lowest BCUT2D eigenvalue weighted by Crippen LogP contribution is -2.21. The van der Waals surface area contributed by atoms with E-state index in [1.54, 1.807) is 18.2 Å². The molecule has 28 heavy (non-hydrogen) atoms. The summed E-state index contributed by atoms with van der Waals surface area (Å²) in [5.41, 5.74) is 0.308. The van der Waals surface area contributed by atoms with E-state index in [0.29, 0.717) is 5.52 Å². The second-order valence-corrected chi connectivity index (χ2v) is 5.65. The number of ether oxygens (including phenoxy) is 2. The molecular weight excluding hydrogens is 366 g/mol. The van der Waals surface area contributed by atoms with Gasteiger partial charge in [0.1, 0.15) is 17.1 Å². The van der Waals surface area contributed by atoms with Crippen molar-refractivity contribution in [3.05, 3.63) is 70.4 Å². The molecule has 0 atom stereocenters. The quantitative estimate of drug-likeness (QED) is 0.396. The van der Waals surface area contributed by atoms with Gasteiger partial charge in [-0.1, -0.05) is 24.3 Å². The summed E-state index contributed by atoms with van der Waals surface area (Å²) in [6.07, 6.45) is 0. The molecular formula is C19H15N3O6. The summed E-state index contributed by atoms with van der Waals surface area (Å²) in [7, 11) is 1.37. The Morgan fingerprint density at radius 1 is 1.14 bits per heavy atom. The summed E-state index contributed by atoms with van der Waals surface area (Å²) in [5, 5.41) is 14.3. The van der Waals surface area contributed by atoms with Crippen LogP contribution in [0.1, 0.15) is 10.5 Å². The van der Waals surface area contributed by atoms with Gasteiger partial charge in [0, 0.05) is 5.39 Å². The smallest absolute Gasteiger partial charge is 0.357 e. The number of pyridine rings is 1. The first-order valence-corrected chi connectivity index (χ1v) is 8.13. The van der Waals surface area contributed by atoms with Gasteiger partial charge in [-0.15, -0.1) is 0 Å². The number of nitrogens with zero attached hydrogens (tertiary/aromatic N) is 2. The molecule has 0 unspecified atom stereocenters. The van der Waals surface area contributed by atoms with Gasteiger partial charge < -0.3 is 14.8 Å². The van der Waals surface area contributed by atoms with Gasteiger partial charge in [-0.3, -0.25) is 14.9 Å². The Morgan fingerprint density at radius 2 is 1.93 bits per heavy atom. The van der Waals surface area contributed by atoms with Crippen molar-refractivity contribution in [3.63, 3.8) is 0 Å². The minimum atomic E-state index is -0.773. The van der Waals surface area contributed by atoms with E-state index < -0.39 is 23.4 Å². The van der Waals surface area contributed by atoms with Crippen molar-refractivity contribution in [2.75, 3.05) is 19.0 Å². The predicted octanol–water partition coefficient (Wildman–Crippen LogP) is 2.95. The number of methoxy groups -OCH3 is 1. The molecule has 1 N–H and O–H groups in total. The fourth-order valence-corrected chi connectivity index (χ4v) is 2.47. The van der Waals surface area contributed by atoms with Crippen LogP contribution in [-0.4, -0.2) is 35.5 Å². The summed E-state index contributed by atoms with van der Waals surface area (Å²) in [6.45, 7) is -0.615. The number of amides is 1. The molecule has 0 saturated heterocycles. The second kappa shape index (κ2) is 8.12. The van der Waals surface area contributed by atoms with Crippen LogP contribution in [0.4, 0.5) is 11.4 Å². The van der Waals surface area contributed by atoms with Crippen LogP contribution < -0.4 is 10.1 Å². The summed E-state index contributed by atoms with van der Waals surface area (Å²) < 4.78 is 9.88. The summed E-state index contributed by atoms with van der Waals surface area (Å²) in [5.74, 6) is -1.22. The van der Waals surface area contributed by atoms with Crippen molar-refractivity contribution in [1.29, 1.82) is 0 Å². The largest absolute Gasteiger partial charge is 0.496 e. The average Bonchev–Trinajstić information content (AvgIpc) is 2.71. The third-order valence-electron chi connectivity index (χ3n) is 3.82. The van der Waals surface area contributed by atoms with Crippen LogP contribution in [-0.2, 0) is 9.53 Å². The highest BCUT2D eigenvalue weighted by molar-refractivity contribution is 5.97. The lowest BCUT2D eigenvalue weighted by Gasteiger charge is -2.08. The summed E-state index contributed by atoms with van der Waals surface area (Å²) >= 11 is 0. The molecule has 0 spiro atoms. The number of nitro groups is 1. The van der Waals surface area contributed by atoms with E-state index in [9.17, 15) is 19.7 Å². The van der Waals surface area contributed by atoms with Crippen LogP contribution in [0, 0.1) is 10.1 Å². The van der Waals surface area contributed by atoms with E-state index in [-0.39, 0.29) is 22.8 Å². The minimum absolute atomic E-state index is 0.0318. The van der Waals surface area contributed by atoms with Gasteiger partial charge in [-0.25, -0.2) is 9.78 Å². The lowest BCUT2D eigenvalue weighted by atomic mass is 10.2. The first-order chi connectivity index (χ1) is 13.5. The Morgan fingerprint density at radius 3 is 2.68 bits per heavy atom. The number of rotatable bonds is 6. The van der Waals surface area contributed by atoms with Crippen molar-refractivity contribution in [2.45, 2.75) is 0 Å². The number of para-hydroxylation sites is 1. The van der Waals surface area contributed by atoms with Gasteiger partial charge in [0.25, 0.3) is 11.6 Å². The zero-order chi connectivity index (χ0) is 20.1. The number of nitro benzene ring substituents is 1. The van der Waals surface area contributed by atoms with Gasteiger partial charge in [-0.2, -0.15) is 0 Å². The van der Waals surface area contributed by atoms with Gasteiger partial charge in [0.2, 0.25) is 0 Å². The van der Waals surface area contributed by atoms with Crippen molar-refractivity contribution < 1.29 is 24.0 Å². The van der Waals surface area contributed by atoms with Crippen molar-refractivity contribution >= 4 is 34.2 Å². The third kappa shape index (κ3) is 4.21. The molecule has 142 valence electrons. The fraction of sp³-hybridized carbons (Fsp3) is 0.105. The normalized spacial score (nSPS) is 10.3. The first-order valence-electron chi connectivity index (χ1n) is 8.13. The van der Waals surface area contributed by atoms with Crippen molar-refractivity contribution in [2.24, 2.45) is 0 Å². The molecule has 9 nitrogen and oxygen atoms in total. The van der Waals surface area contributed by atoms with E-state index in [1.807, 2.05) is 12.1 Å². The van der Waals surface area contributed by atoms with E-state index >= 15 is 0 Å². The fourth-order valence-electron chi connectivity index (χ4n) is 2.47. The van der Waals surface area contributed by atoms with E-state index in [1.165, 1.54) is 31.4 Å². The Hall–Kier alpha value is -4.01. The first kappa shape index (κ1) is 18.8. The second-order valence-electron chi connectivity index (χ2n) is 5.65. The highest BCUT2D eigenvalue weighted by Gasteiger charge is 2.18. The lowest BCUT2D eigenvalue weighted by molar-refractivity contribution is -0.384. The number of hydrogen-bond donors (Lipinski definition) is 1. The third-order valence-corrected chi connectivity index (χ3v) is 3.82. The topological polar surface area (TPSA) is 121 Å². The van der Waals surface area contributed by atoms with E-state index in [2.05, 4.69) is 10.3 Å². The van der Waals surface area contributed by atoms with Gasteiger partial charge in [0.15, 0.2) is 6.61 Å². The van der Waals surface area contributed by atoms with Gasteiger partial charge in [0.05, 0.1) is 23.6 Å². The molecule has 2 aromatic carbocycles. The van der Waals surface area contributed by atoms with Crippen LogP contribution in [0.5, 0.6) is 5.75 Å². The number of benzene rings is 2. The van der Waals surface area contributed by atoms with Crippen LogP contribution in [0.3, 0.4) is 0 Å². The standard InChI is InChI=1S/C19H15N3O6/c1-27-13-7-9-15(17(10-13)22(25)26)21-18(23)11-28-19(24)16-8-6-12-4-2-3-5-14(12)20-16/h2-10H,11H2,1H3,(H,21,23). The molecule has 3 rings (SSSR count). The minimum Gasteiger partial charge on any atom is -0.496 e. The van der Waals surface area contributed by atoms with Crippen LogP contribution in [0.25, 0.3) is 10.9 Å². The average molecular weight is 381 g/mol. The number of fused-ring (bicyclic) bond motifs is 1. The van der Waals surface area contributed by atoms with E-state index in [4.69, 9.17) is 9.47 Å². The maximum Gasteiger partial charge on any atom is 0.357 e. The van der Waals surface area contributed by atoms with Crippen molar-refractivity contribution in [3.8, 4) is 5.75 Å². The highest BCUT2D eigenvalue weighted by atomic mass is 16.6. The molecule has 1 heterocycles. The molecule has 1 amide bonds. The Bertz CT molecular complexity index is 1070. The Kier molecular flexibility index (Phi) is 5.45. The molecule has 1 aromatic heterocycles. The van der Waals surface area contributed by atoms with E-state index in [0.717, 1.165) is 5.39 Å². The van der Waals surface area contributed by atoms with Gasteiger partial charge in [-0.05, 0) is 24.3 Å². The molecule has 0 aliphatic heterocycles. The Balaban J connectivity index is 1.65. The number of nitrogens with one attached hydrogen (secondary N) is 1. The number of esters is 1. The van der Waals surface area contributed by atoms with Crippen molar-refractivity contribution in [1.82, 2.24) is 4.98 Å². The molecule has 0 aliphatic carbocycles. The highest BCUT2D eigenvalue weighted by Crippen LogP contribution is 2.28. The maximum absolute atomic E-state index is 12.1. The number of hydrogen-bond acceptors (Lipinski definition) is 7. The zero-order valence-corrected chi connectivity index (χ0v) is 14.7. The Labute approximate surface area is 159 Å². The number of aromatic nitrogens is 1. The SMILES string of the molecule is COc1ccc(NC(=O)COC(=O)c2ccc3ccccc3n2)c([N+](=O)[O-])c1. The molecule has 0 saturated carbocycles. The van der Waals surface area contributed by atoms with Crippen LogP contribution in [0.2, 0.25) is 0 Å². The monoisotopic (exact) mass is 381 g/mol. The number of anilines is 1. The molecule has 0 radical (unpaired) electrons. The van der Waals surface area contributed by atoms with Gasteiger partial charge >= 0.3 is 5.97 Å². The number of carbonyl (C=O) groups excluding carboxylic acids is 2. The maximum atomic E-state index is 12.1. The number of carbonyl (C=O) groups is 2. The molecule has 0 aliphatic rings. The molecule has 0 fully saturated rings. The van der Waals surface area contributed by atoms with Crippen LogP contribution >= 0.6 is 0 Å². The summed E-state index contributed by atoms with van der Waals surface area (Å²) in [4.78, 5) is 38.8. The summed E-state index contributed by atoms with van der Waals surface area (Å²) in [6, 6.07) is 14.4. The molecule has 9 heteroatoms. The molecule has 0 bridgehead atoms.